The number of carbonyl (C=O) groups is 2. The van der Waals surface area contributed by atoms with Crippen LogP contribution in [0.5, 0.6) is 0 Å². The van der Waals surface area contributed by atoms with Gasteiger partial charge in [0.2, 0.25) is 21.8 Å². The Morgan fingerprint density at radius 2 is 1.72 bits per heavy atom. The lowest BCUT2D eigenvalue weighted by atomic mass is 10.1. The van der Waals surface area contributed by atoms with Crippen molar-refractivity contribution in [1.29, 1.82) is 0 Å². The second kappa shape index (κ2) is 10.2. The second-order valence-corrected chi connectivity index (χ2v) is 9.66. The van der Waals surface area contributed by atoms with E-state index in [1.54, 1.807) is 43.0 Å². The smallest absolute Gasteiger partial charge is 0.243 e. The van der Waals surface area contributed by atoms with Crippen LogP contribution in [0.25, 0.3) is 0 Å². The molecule has 0 saturated carbocycles. The van der Waals surface area contributed by atoms with Crippen LogP contribution in [0.1, 0.15) is 25.8 Å². The summed E-state index contributed by atoms with van der Waals surface area (Å²) in [6.45, 7) is 5.10. The van der Waals surface area contributed by atoms with Crippen molar-refractivity contribution in [2.24, 2.45) is 5.92 Å². The molecule has 2 amide bonds. The summed E-state index contributed by atoms with van der Waals surface area (Å²) < 4.78 is 39.5. The minimum absolute atomic E-state index is 0.0899. The van der Waals surface area contributed by atoms with Crippen LogP contribution in [-0.4, -0.2) is 55.6 Å². The molecule has 172 valence electrons. The fourth-order valence-electron chi connectivity index (χ4n) is 3.75. The summed E-state index contributed by atoms with van der Waals surface area (Å²) >= 11 is 0. The average molecular weight is 462 g/mol. The molecular formula is C23H28FN3O4S. The lowest BCUT2D eigenvalue weighted by Crippen LogP contribution is -2.30. The van der Waals surface area contributed by atoms with Gasteiger partial charge in [0.1, 0.15) is 5.82 Å². The number of carbonyl (C=O) groups excluding carboxylic acids is 2. The van der Waals surface area contributed by atoms with E-state index < -0.39 is 15.9 Å². The van der Waals surface area contributed by atoms with Crippen molar-refractivity contribution in [1.82, 2.24) is 9.21 Å². The molecule has 0 aromatic heterocycles. The van der Waals surface area contributed by atoms with Crippen LogP contribution in [0.15, 0.2) is 53.4 Å². The van der Waals surface area contributed by atoms with E-state index in [-0.39, 0.29) is 28.9 Å². The van der Waals surface area contributed by atoms with Crippen molar-refractivity contribution >= 4 is 27.5 Å². The van der Waals surface area contributed by atoms with Gasteiger partial charge in [0.25, 0.3) is 0 Å². The van der Waals surface area contributed by atoms with Gasteiger partial charge in [0.05, 0.1) is 10.8 Å². The quantitative estimate of drug-likeness (QED) is 0.622. The molecule has 1 saturated heterocycles. The first-order valence-corrected chi connectivity index (χ1v) is 12.1. The molecule has 2 aromatic carbocycles. The van der Waals surface area contributed by atoms with Gasteiger partial charge in [-0.15, -0.1) is 0 Å². The number of hydrogen-bond acceptors (Lipinski definition) is 4. The van der Waals surface area contributed by atoms with Crippen molar-refractivity contribution in [3.8, 4) is 0 Å². The zero-order valence-electron chi connectivity index (χ0n) is 18.3. The van der Waals surface area contributed by atoms with Gasteiger partial charge in [0, 0.05) is 38.3 Å². The highest BCUT2D eigenvalue weighted by molar-refractivity contribution is 7.89. The van der Waals surface area contributed by atoms with Crippen LogP contribution >= 0.6 is 0 Å². The summed E-state index contributed by atoms with van der Waals surface area (Å²) in [4.78, 5) is 26.8. The number of benzene rings is 2. The third kappa shape index (κ3) is 5.52. The number of rotatable bonds is 9. The summed E-state index contributed by atoms with van der Waals surface area (Å²) in [6.07, 6.45) is 0.715. The van der Waals surface area contributed by atoms with Crippen molar-refractivity contribution < 1.29 is 22.4 Å². The fourth-order valence-corrected chi connectivity index (χ4v) is 5.20. The number of anilines is 1. The largest absolute Gasteiger partial charge is 0.342 e. The number of hydrogen-bond donors (Lipinski definition) is 1. The molecule has 1 fully saturated rings. The first-order chi connectivity index (χ1) is 15.2. The standard InChI is InChI=1S/C23H28FN3O4S/c1-3-27(4-2)32(30,31)21-11-9-20(10-12-21)25-23(29)18-15-22(28)26(16-18)14-13-17-5-7-19(24)8-6-17/h5-12,18H,3-4,13-16H2,1-2H3,(H,25,29)/t18-/m1/s1. The Labute approximate surface area is 188 Å². The number of sulfonamides is 1. The summed E-state index contributed by atoms with van der Waals surface area (Å²) in [6, 6.07) is 12.2. The van der Waals surface area contributed by atoms with E-state index in [1.807, 2.05) is 0 Å². The minimum atomic E-state index is -3.56. The Morgan fingerprint density at radius 3 is 2.31 bits per heavy atom. The van der Waals surface area contributed by atoms with Crippen molar-refractivity contribution in [3.63, 3.8) is 0 Å². The van der Waals surface area contributed by atoms with Gasteiger partial charge in [-0.2, -0.15) is 4.31 Å². The molecule has 1 atom stereocenters. The number of amides is 2. The normalized spacial score (nSPS) is 16.6. The topological polar surface area (TPSA) is 86.8 Å². The molecule has 2 aromatic rings. The van der Waals surface area contributed by atoms with Gasteiger partial charge in [-0.3, -0.25) is 9.59 Å². The lowest BCUT2D eigenvalue weighted by Gasteiger charge is -2.19. The zero-order chi connectivity index (χ0) is 23.3. The Bertz CT molecular complexity index is 1050. The van der Waals surface area contributed by atoms with E-state index in [9.17, 15) is 22.4 Å². The predicted octanol–water partition coefficient (Wildman–Crippen LogP) is 2.89. The maximum Gasteiger partial charge on any atom is 0.243 e. The molecule has 1 heterocycles. The second-order valence-electron chi connectivity index (χ2n) is 7.72. The Hall–Kier alpha value is -2.78. The van der Waals surface area contributed by atoms with E-state index in [0.29, 0.717) is 38.3 Å². The minimum Gasteiger partial charge on any atom is -0.342 e. The molecule has 7 nitrogen and oxygen atoms in total. The maximum atomic E-state index is 13.0. The van der Waals surface area contributed by atoms with Crippen LogP contribution in [-0.2, 0) is 26.0 Å². The van der Waals surface area contributed by atoms with Gasteiger partial charge >= 0.3 is 0 Å². The van der Waals surface area contributed by atoms with Gasteiger partial charge < -0.3 is 10.2 Å². The third-order valence-corrected chi connectivity index (χ3v) is 7.70. The zero-order valence-corrected chi connectivity index (χ0v) is 19.1. The fraction of sp³-hybridized carbons (Fsp3) is 0.391. The van der Waals surface area contributed by atoms with Gasteiger partial charge in [0.15, 0.2) is 0 Å². The molecule has 32 heavy (non-hydrogen) atoms. The molecular weight excluding hydrogens is 433 g/mol. The van der Waals surface area contributed by atoms with Crippen molar-refractivity contribution in [2.75, 3.05) is 31.5 Å². The van der Waals surface area contributed by atoms with E-state index in [2.05, 4.69) is 5.32 Å². The maximum absolute atomic E-state index is 13.0. The van der Waals surface area contributed by atoms with Gasteiger partial charge in [-0.05, 0) is 48.4 Å². The highest BCUT2D eigenvalue weighted by Crippen LogP contribution is 2.22. The Balaban J connectivity index is 1.56. The molecule has 0 spiro atoms. The number of halogens is 1. The summed E-state index contributed by atoms with van der Waals surface area (Å²) in [7, 11) is -3.56. The summed E-state index contributed by atoms with van der Waals surface area (Å²) in [5.74, 6) is -1.15. The first-order valence-electron chi connectivity index (χ1n) is 10.7. The number of nitrogens with zero attached hydrogens (tertiary/aromatic N) is 2. The molecule has 3 rings (SSSR count). The van der Waals surface area contributed by atoms with E-state index >= 15 is 0 Å². The molecule has 1 aliphatic rings. The molecule has 0 bridgehead atoms. The summed E-state index contributed by atoms with van der Waals surface area (Å²) in [5, 5.41) is 2.77. The van der Waals surface area contributed by atoms with Crippen LogP contribution < -0.4 is 5.32 Å². The molecule has 1 aliphatic heterocycles. The van der Waals surface area contributed by atoms with E-state index in [0.717, 1.165) is 5.56 Å². The number of nitrogens with one attached hydrogen (secondary N) is 1. The van der Waals surface area contributed by atoms with Crippen LogP contribution in [0.4, 0.5) is 10.1 Å². The van der Waals surface area contributed by atoms with E-state index in [4.69, 9.17) is 0 Å². The third-order valence-electron chi connectivity index (χ3n) is 5.63. The molecule has 0 aliphatic carbocycles. The van der Waals surface area contributed by atoms with Crippen LogP contribution in [0.3, 0.4) is 0 Å². The van der Waals surface area contributed by atoms with Crippen molar-refractivity contribution in [3.05, 3.63) is 59.9 Å². The summed E-state index contributed by atoms with van der Waals surface area (Å²) in [5.41, 5.74) is 1.40. The molecule has 0 unspecified atom stereocenters. The SMILES string of the molecule is CCN(CC)S(=O)(=O)c1ccc(NC(=O)[C@@H]2CC(=O)N(CCc3ccc(F)cc3)C2)cc1. The van der Waals surface area contributed by atoms with Crippen molar-refractivity contribution in [2.45, 2.75) is 31.6 Å². The molecule has 9 heteroatoms. The number of likely N-dealkylation sites (tertiary alicyclic amines) is 1. The van der Waals surface area contributed by atoms with Crippen LogP contribution in [0, 0.1) is 11.7 Å². The van der Waals surface area contributed by atoms with E-state index in [1.165, 1.54) is 28.6 Å². The highest BCUT2D eigenvalue weighted by atomic mass is 32.2. The Kier molecular flexibility index (Phi) is 7.63. The molecule has 0 radical (unpaired) electrons. The molecule has 1 N–H and O–H groups in total. The van der Waals surface area contributed by atoms with Gasteiger partial charge in [-0.25, -0.2) is 12.8 Å². The lowest BCUT2D eigenvalue weighted by molar-refractivity contribution is -0.128. The average Bonchev–Trinajstić information content (AvgIpc) is 3.15. The highest BCUT2D eigenvalue weighted by Gasteiger charge is 2.34. The Morgan fingerprint density at radius 1 is 1.09 bits per heavy atom. The van der Waals surface area contributed by atoms with Gasteiger partial charge in [-0.1, -0.05) is 26.0 Å². The first kappa shape index (κ1) is 23.9. The van der Waals surface area contributed by atoms with Crippen LogP contribution in [0.2, 0.25) is 0 Å². The monoisotopic (exact) mass is 461 g/mol. The predicted molar refractivity (Wildman–Crippen MR) is 120 cm³/mol.